The van der Waals surface area contributed by atoms with Gasteiger partial charge in [-0.1, -0.05) is 12.1 Å². The van der Waals surface area contributed by atoms with Gasteiger partial charge in [0.1, 0.15) is 5.75 Å². The maximum Gasteiger partial charge on any atom is 0.287 e. The molecule has 0 spiro atoms. The number of amides is 2. The van der Waals surface area contributed by atoms with Crippen LogP contribution in [0.3, 0.4) is 0 Å². The number of rotatable bonds is 4. The summed E-state index contributed by atoms with van der Waals surface area (Å²) in [6, 6.07) is 8.13. The van der Waals surface area contributed by atoms with Crippen LogP contribution in [0, 0.1) is 0 Å². The normalized spacial score (nSPS) is 14.6. The summed E-state index contributed by atoms with van der Waals surface area (Å²) < 4.78 is 32.9. The fourth-order valence-corrected chi connectivity index (χ4v) is 3.01. The van der Waals surface area contributed by atoms with E-state index in [0.717, 1.165) is 6.26 Å². The van der Waals surface area contributed by atoms with Crippen LogP contribution in [-0.2, 0) is 14.4 Å². The summed E-state index contributed by atoms with van der Waals surface area (Å²) in [4.78, 5) is 25.0. The number of nitrogens with zero attached hydrogens (tertiary/aromatic N) is 1. The van der Waals surface area contributed by atoms with Crippen LogP contribution in [0.4, 0.5) is 0 Å². The molecule has 0 aliphatic carbocycles. The molecule has 0 aromatic heterocycles. The van der Waals surface area contributed by atoms with Gasteiger partial charge in [0.05, 0.1) is 23.5 Å². The minimum absolute atomic E-state index is 0.110. The zero-order valence-electron chi connectivity index (χ0n) is 13.3. The third-order valence-electron chi connectivity index (χ3n) is 3.36. The highest BCUT2D eigenvalue weighted by Crippen LogP contribution is 2.34. The van der Waals surface area contributed by atoms with Gasteiger partial charge in [-0.25, -0.2) is 0 Å². The molecule has 0 unspecified atom stereocenters. The Hall–Kier alpha value is -2.45. The van der Waals surface area contributed by atoms with Gasteiger partial charge in [-0.2, -0.15) is 8.42 Å². The smallest absolute Gasteiger partial charge is 0.287 e. The van der Waals surface area contributed by atoms with Crippen molar-refractivity contribution in [2.75, 3.05) is 6.26 Å². The fraction of sp³-hybridized carbons (Fsp3) is 0.250. The number of hydrogen-bond donors (Lipinski definition) is 0. The highest BCUT2D eigenvalue weighted by atomic mass is 32.2. The van der Waals surface area contributed by atoms with Crippen LogP contribution in [0.15, 0.2) is 30.3 Å². The van der Waals surface area contributed by atoms with E-state index in [1.54, 1.807) is 18.2 Å². The molecule has 7 nitrogen and oxygen atoms in total. The van der Waals surface area contributed by atoms with E-state index in [0.29, 0.717) is 16.5 Å². The van der Waals surface area contributed by atoms with Gasteiger partial charge in [0.15, 0.2) is 0 Å². The zero-order valence-corrected chi connectivity index (χ0v) is 14.1. The van der Waals surface area contributed by atoms with Crippen molar-refractivity contribution in [3.05, 3.63) is 41.5 Å². The van der Waals surface area contributed by atoms with Gasteiger partial charge in [0, 0.05) is 5.39 Å². The average molecular weight is 349 g/mol. The number of carbonyl (C=O) groups is 2. The van der Waals surface area contributed by atoms with Crippen molar-refractivity contribution in [2.45, 2.75) is 20.0 Å². The molecule has 0 fully saturated rings. The molecule has 2 aromatic carbocycles. The molecule has 0 atom stereocenters. The maximum absolute atomic E-state index is 12.6. The second-order valence-corrected chi connectivity index (χ2v) is 7.28. The first-order valence-corrected chi connectivity index (χ1v) is 9.01. The summed E-state index contributed by atoms with van der Waals surface area (Å²) in [5, 5.41) is 1.38. The number of hydrogen-bond acceptors (Lipinski definition) is 6. The first-order valence-electron chi connectivity index (χ1n) is 7.19. The van der Waals surface area contributed by atoms with Crippen molar-refractivity contribution in [1.82, 2.24) is 5.06 Å². The summed E-state index contributed by atoms with van der Waals surface area (Å²) in [5.74, 6) is -1.21. The lowest BCUT2D eigenvalue weighted by atomic mass is 9.94. The number of imide groups is 1. The van der Waals surface area contributed by atoms with Crippen LogP contribution in [0.1, 0.15) is 34.6 Å². The van der Waals surface area contributed by atoms with Gasteiger partial charge >= 0.3 is 0 Å². The summed E-state index contributed by atoms with van der Waals surface area (Å²) >= 11 is 0. The predicted octanol–water partition coefficient (Wildman–Crippen LogP) is 2.11. The third-order valence-corrected chi connectivity index (χ3v) is 3.78. The van der Waals surface area contributed by atoms with Crippen LogP contribution in [-0.4, -0.2) is 37.7 Å². The molecule has 24 heavy (non-hydrogen) atoms. The molecule has 126 valence electrons. The van der Waals surface area contributed by atoms with Gasteiger partial charge in [0.25, 0.3) is 21.9 Å². The first kappa shape index (κ1) is 16.4. The van der Waals surface area contributed by atoms with Crippen molar-refractivity contribution in [1.29, 1.82) is 0 Å². The van der Waals surface area contributed by atoms with Crippen molar-refractivity contribution < 1.29 is 27.0 Å². The Morgan fingerprint density at radius 3 is 2.33 bits per heavy atom. The van der Waals surface area contributed by atoms with Gasteiger partial charge < -0.3 is 4.74 Å². The van der Waals surface area contributed by atoms with Crippen LogP contribution >= 0.6 is 0 Å². The largest absolute Gasteiger partial charge is 0.491 e. The van der Waals surface area contributed by atoms with Crippen LogP contribution in [0.25, 0.3) is 10.8 Å². The third kappa shape index (κ3) is 2.85. The molecule has 8 heteroatoms. The quantitative estimate of drug-likeness (QED) is 0.785. The SMILES string of the molecule is CC(C)Oc1cc2c3c(cccc3c1)C(=O)N(OS(C)(=O)=O)C2=O. The Morgan fingerprint density at radius 2 is 1.71 bits per heavy atom. The molecule has 0 saturated carbocycles. The topological polar surface area (TPSA) is 90.0 Å². The Morgan fingerprint density at radius 1 is 1.04 bits per heavy atom. The van der Waals surface area contributed by atoms with Crippen LogP contribution in [0.2, 0.25) is 0 Å². The van der Waals surface area contributed by atoms with E-state index in [1.165, 1.54) is 12.1 Å². The zero-order chi connectivity index (χ0) is 17.6. The van der Waals surface area contributed by atoms with E-state index in [-0.39, 0.29) is 22.3 Å². The van der Waals surface area contributed by atoms with E-state index >= 15 is 0 Å². The lowest BCUT2D eigenvalue weighted by Gasteiger charge is -2.25. The Balaban J connectivity index is 2.23. The van der Waals surface area contributed by atoms with E-state index < -0.39 is 21.9 Å². The molecule has 0 saturated heterocycles. The Labute approximate surface area is 138 Å². The highest BCUT2D eigenvalue weighted by molar-refractivity contribution is 7.85. The number of benzene rings is 2. The van der Waals surface area contributed by atoms with E-state index in [1.807, 2.05) is 13.8 Å². The maximum atomic E-state index is 12.6. The predicted molar refractivity (Wildman–Crippen MR) is 86.1 cm³/mol. The van der Waals surface area contributed by atoms with E-state index in [4.69, 9.17) is 4.74 Å². The number of hydroxylamine groups is 2. The molecule has 0 N–H and O–H groups in total. The van der Waals surface area contributed by atoms with Gasteiger partial charge in [-0.05, 0) is 37.4 Å². The molecule has 1 heterocycles. The molecule has 0 bridgehead atoms. The monoisotopic (exact) mass is 349 g/mol. The summed E-state index contributed by atoms with van der Waals surface area (Å²) in [6.45, 7) is 3.69. The molecule has 1 aliphatic heterocycles. The van der Waals surface area contributed by atoms with Crippen LogP contribution < -0.4 is 4.74 Å². The molecule has 3 rings (SSSR count). The molecule has 0 radical (unpaired) electrons. The summed E-state index contributed by atoms with van der Waals surface area (Å²) in [6.07, 6.45) is 0.656. The molecule has 2 aromatic rings. The van der Waals surface area contributed by atoms with Crippen molar-refractivity contribution in [2.24, 2.45) is 0 Å². The first-order chi connectivity index (χ1) is 11.2. The molecule has 1 aliphatic rings. The number of carbonyl (C=O) groups excluding carboxylic acids is 2. The molecule has 2 amide bonds. The Kier molecular flexibility index (Phi) is 3.81. The second kappa shape index (κ2) is 5.57. The van der Waals surface area contributed by atoms with Gasteiger partial charge in [-0.3, -0.25) is 9.59 Å². The second-order valence-electron chi connectivity index (χ2n) is 5.72. The van der Waals surface area contributed by atoms with Crippen molar-refractivity contribution in [3.8, 4) is 5.75 Å². The van der Waals surface area contributed by atoms with E-state index in [2.05, 4.69) is 4.28 Å². The summed E-state index contributed by atoms with van der Waals surface area (Å²) in [7, 11) is -4.04. The fourth-order valence-electron chi connectivity index (χ4n) is 2.60. The van der Waals surface area contributed by atoms with Crippen molar-refractivity contribution in [3.63, 3.8) is 0 Å². The minimum atomic E-state index is -4.04. The molecular weight excluding hydrogens is 334 g/mol. The summed E-state index contributed by atoms with van der Waals surface area (Å²) in [5.41, 5.74) is 0.351. The van der Waals surface area contributed by atoms with E-state index in [9.17, 15) is 18.0 Å². The van der Waals surface area contributed by atoms with Gasteiger partial charge in [0.2, 0.25) is 0 Å². The number of ether oxygens (including phenoxy) is 1. The molecular formula is C16H15NO6S. The lowest BCUT2D eigenvalue weighted by Crippen LogP contribution is -2.41. The standard InChI is InChI=1S/C16H15NO6S/c1-9(2)22-11-7-10-5-4-6-12-14(10)13(8-11)16(19)17(15(12)18)23-24(3,20)21/h4-9H,1-3H3. The Bertz CT molecular complexity index is 964. The minimum Gasteiger partial charge on any atom is -0.491 e. The van der Waals surface area contributed by atoms with Crippen molar-refractivity contribution >= 4 is 32.7 Å². The average Bonchev–Trinajstić information content (AvgIpc) is 2.47. The van der Waals surface area contributed by atoms with Gasteiger partial charge in [-0.15, -0.1) is 9.35 Å². The lowest BCUT2D eigenvalue weighted by molar-refractivity contribution is -0.0150. The van der Waals surface area contributed by atoms with Crippen LogP contribution in [0.5, 0.6) is 5.75 Å². The highest BCUT2D eigenvalue weighted by Gasteiger charge is 2.36.